The fraction of sp³-hybridized carbons (Fsp3) is 0.818. The Kier molecular flexibility index (Phi) is 5.18. The number of hydrogen-bond donors (Lipinski definition) is 4. The number of esters is 1. The molecule has 0 aliphatic heterocycles. The largest absolute Gasteiger partial charge is 0.471 e. The van der Waals surface area contributed by atoms with E-state index in [9.17, 15) is 38.1 Å². The lowest BCUT2D eigenvalue weighted by molar-refractivity contribution is -0.183. The summed E-state index contributed by atoms with van der Waals surface area (Å²) >= 11 is 0. The second kappa shape index (κ2) is 6.16. The Morgan fingerprint density at radius 2 is 1.90 bits per heavy atom. The summed E-state index contributed by atoms with van der Waals surface area (Å²) in [5.74, 6) is -4.42. The van der Waals surface area contributed by atoms with Gasteiger partial charge >= 0.3 is 18.1 Å². The van der Waals surface area contributed by atoms with Gasteiger partial charge in [0.1, 0.15) is 0 Å². The van der Waals surface area contributed by atoms with Crippen LogP contribution in [0, 0.1) is 5.92 Å². The third-order valence-corrected chi connectivity index (χ3v) is 3.37. The zero-order chi connectivity index (χ0) is 16.4. The second-order valence-corrected chi connectivity index (χ2v) is 4.96. The van der Waals surface area contributed by atoms with Crippen LogP contribution in [0.3, 0.4) is 0 Å². The zero-order valence-electron chi connectivity index (χ0n) is 11.1. The Morgan fingerprint density at radius 1 is 1.33 bits per heavy atom. The number of amides is 1. The number of aliphatic hydroxyl groups is 3. The van der Waals surface area contributed by atoms with Gasteiger partial charge in [-0.3, -0.25) is 4.79 Å². The van der Waals surface area contributed by atoms with Crippen molar-refractivity contribution in [2.45, 2.75) is 36.8 Å². The minimum absolute atomic E-state index is 0.448. The Morgan fingerprint density at radius 3 is 2.38 bits per heavy atom. The molecule has 0 spiro atoms. The molecule has 1 aliphatic carbocycles. The number of aliphatic hydroxyl groups excluding tert-OH is 2. The molecule has 0 radical (unpaired) electrons. The van der Waals surface area contributed by atoms with Gasteiger partial charge in [0.2, 0.25) is 0 Å². The van der Waals surface area contributed by atoms with Crippen molar-refractivity contribution in [1.82, 2.24) is 5.32 Å². The first kappa shape index (κ1) is 17.7. The fourth-order valence-corrected chi connectivity index (χ4v) is 2.29. The van der Waals surface area contributed by atoms with Crippen LogP contribution in [0.5, 0.6) is 0 Å². The predicted octanol–water partition coefficient (Wildman–Crippen LogP) is -1.30. The van der Waals surface area contributed by atoms with E-state index in [1.165, 1.54) is 5.32 Å². The van der Waals surface area contributed by atoms with Crippen molar-refractivity contribution in [2.75, 3.05) is 13.7 Å². The number of nitrogens with one attached hydrogen (secondary N) is 1. The van der Waals surface area contributed by atoms with Gasteiger partial charge in [-0.2, -0.15) is 13.2 Å². The van der Waals surface area contributed by atoms with E-state index in [-0.39, 0.29) is 0 Å². The maximum atomic E-state index is 12.1. The molecule has 4 atom stereocenters. The highest BCUT2D eigenvalue weighted by atomic mass is 19.4. The molecule has 0 aromatic heterocycles. The average molecular weight is 315 g/mol. The Labute approximate surface area is 117 Å². The van der Waals surface area contributed by atoms with Gasteiger partial charge in [-0.1, -0.05) is 0 Å². The molecule has 1 aliphatic rings. The Hall–Kier alpha value is -1.39. The minimum Gasteiger partial charge on any atom is -0.467 e. The molecule has 4 N–H and O–H groups in total. The number of methoxy groups -OCH3 is 1. The van der Waals surface area contributed by atoms with Gasteiger partial charge in [0, 0.05) is 18.9 Å². The van der Waals surface area contributed by atoms with E-state index in [1.54, 1.807) is 0 Å². The summed E-state index contributed by atoms with van der Waals surface area (Å²) < 4.78 is 40.5. The van der Waals surface area contributed by atoms with E-state index in [0.29, 0.717) is 0 Å². The Bertz CT molecular complexity index is 415. The monoisotopic (exact) mass is 315 g/mol. The molecule has 0 heterocycles. The summed E-state index contributed by atoms with van der Waals surface area (Å²) in [5, 5.41) is 30.9. The van der Waals surface area contributed by atoms with Crippen LogP contribution in [-0.2, 0) is 14.3 Å². The molecular formula is C11H16F3NO6. The van der Waals surface area contributed by atoms with Gasteiger partial charge in [-0.05, 0) is 6.42 Å². The highest BCUT2D eigenvalue weighted by Gasteiger charge is 2.50. The molecule has 0 aromatic rings. The van der Waals surface area contributed by atoms with Crippen LogP contribution < -0.4 is 5.32 Å². The second-order valence-electron chi connectivity index (χ2n) is 4.96. The summed E-state index contributed by atoms with van der Waals surface area (Å²) in [4.78, 5) is 22.2. The number of hydrogen-bond acceptors (Lipinski definition) is 6. The standard InChI is InChI=1S/C11H16F3NO6/c1-21-9(19)10(20)2-5(7(17)6(16)3-10)4-15-8(18)11(12,13)14/h5-7,16-17,20H,2-4H2,1H3,(H,15,18)/t5-,6-,7-,10+/m1/s1. The average Bonchev–Trinajstić information content (AvgIpc) is 2.38. The topological polar surface area (TPSA) is 116 Å². The van der Waals surface area contributed by atoms with Gasteiger partial charge in [-0.15, -0.1) is 0 Å². The number of halogens is 3. The molecule has 0 unspecified atom stereocenters. The van der Waals surface area contributed by atoms with Crippen LogP contribution in [0.25, 0.3) is 0 Å². The first-order valence-electron chi connectivity index (χ1n) is 6.03. The number of carbonyl (C=O) groups is 2. The van der Waals surface area contributed by atoms with Gasteiger partial charge < -0.3 is 25.4 Å². The van der Waals surface area contributed by atoms with Crippen molar-refractivity contribution in [1.29, 1.82) is 0 Å². The highest BCUT2D eigenvalue weighted by Crippen LogP contribution is 2.34. The molecule has 1 fully saturated rings. The smallest absolute Gasteiger partial charge is 0.467 e. The van der Waals surface area contributed by atoms with E-state index >= 15 is 0 Å². The van der Waals surface area contributed by atoms with Crippen molar-refractivity contribution in [3.8, 4) is 0 Å². The zero-order valence-corrected chi connectivity index (χ0v) is 11.1. The summed E-state index contributed by atoms with van der Waals surface area (Å²) in [7, 11) is 0.998. The Balaban J connectivity index is 2.76. The number of carbonyl (C=O) groups excluding carboxylic acids is 2. The maximum Gasteiger partial charge on any atom is 0.471 e. The van der Waals surface area contributed by atoms with Crippen molar-refractivity contribution in [3.05, 3.63) is 0 Å². The molecule has 0 saturated heterocycles. The molecule has 122 valence electrons. The normalized spacial score (nSPS) is 33.4. The molecule has 10 heteroatoms. The van der Waals surface area contributed by atoms with E-state index in [1.807, 2.05) is 0 Å². The van der Waals surface area contributed by atoms with Crippen LogP contribution in [0.15, 0.2) is 0 Å². The molecule has 0 aromatic carbocycles. The molecule has 1 saturated carbocycles. The molecule has 1 amide bonds. The van der Waals surface area contributed by atoms with Gasteiger partial charge in [0.25, 0.3) is 0 Å². The van der Waals surface area contributed by atoms with E-state index < -0.39 is 61.2 Å². The van der Waals surface area contributed by atoms with Crippen molar-refractivity contribution >= 4 is 11.9 Å². The van der Waals surface area contributed by atoms with Gasteiger partial charge in [0.15, 0.2) is 5.60 Å². The lowest BCUT2D eigenvalue weighted by Gasteiger charge is -2.40. The summed E-state index contributed by atoms with van der Waals surface area (Å²) in [6.45, 7) is -0.657. The quantitative estimate of drug-likeness (QED) is 0.481. The van der Waals surface area contributed by atoms with Gasteiger partial charge in [-0.25, -0.2) is 4.79 Å². The van der Waals surface area contributed by atoms with Crippen LogP contribution in [0.4, 0.5) is 13.2 Å². The molecule has 0 bridgehead atoms. The molecule has 21 heavy (non-hydrogen) atoms. The molecule has 7 nitrogen and oxygen atoms in total. The summed E-state index contributed by atoms with van der Waals surface area (Å²) in [5.41, 5.74) is -2.12. The van der Waals surface area contributed by atoms with E-state index in [0.717, 1.165) is 7.11 Å². The van der Waals surface area contributed by atoms with Crippen LogP contribution >= 0.6 is 0 Å². The first-order chi connectivity index (χ1) is 9.51. The third kappa shape index (κ3) is 4.05. The SMILES string of the molecule is COC(=O)[C@]1(O)C[C@H](CNC(=O)C(F)(F)F)[C@@H](O)[C@H](O)C1. The first-order valence-corrected chi connectivity index (χ1v) is 6.03. The third-order valence-electron chi connectivity index (χ3n) is 3.37. The number of alkyl halides is 3. The van der Waals surface area contributed by atoms with Crippen LogP contribution in [0.2, 0.25) is 0 Å². The molecular weight excluding hydrogens is 299 g/mol. The molecule has 1 rings (SSSR count). The lowest BCUT2D eigenvalue weighted by atomic mass is 9.74. The van der Waals surface area contributed by atoms with Crippen LogP contribution in [-0.4, -0.2) is 64.8 Å². The van der Waals surface area contributed by atoms with Crippen LogP contribution in [0.1, 0.15) is 12.8 Å². The maximum absolute atomic E-state index is 12.1. The lowest BCUT2D eigenvalue weighted by Crippen LogP contribution is -2.56. The highest BCUT2D eigenvalue weighted by molar-refractivity contribution is 5.81. The van der Waals surface area contributed by atoms with E-state index in [2.05, 4.69) is 4.74 Å². The number of ether oxygens (including phenoxy) is 1. The van der Waals surface area contributed by atoms with Gasteiger partial charge in [0.05, 0.1) is 19.3 Å². The summed E-state index contributed by atoms with van der Waals surface area (Å²) in [6.07, 6.45) is -9.06. The van der Waals surface area contributed by atoms with Crippen molar-refractivity contribution in [3.63, 3.8) is 0 Å². The predicted molar refractivity (Wildman–Crippen MR) is 60.8 cm³/mol. The number of rotatable bonds is 3. The van der Waals surface area contributed by atoms with E-state index in [4.69, 9.17) is 0 Å². The fourth-order valence-electron chi connectivity index (χ4n) is 2.29. The minimum atomic E-state index is -5.09. The van der Waals surface area contributed by atoms with Crippen molar-refractivity contribution < 1.29 is 42.8 Å². The van der Waals surface area contributed by atoms with Crippen molar-refractivity contribution in [2.24, 2.45) is 5.92 Å². The summed E-state index contributed by atoms with van der Waals surface area (Å²) in [6, 6.07) is 0.